The van der Waals surface area contributed by atoms with Gasteiger partial charge >= 0.3 is 0 Å². The highest BCUT2D eigenvalue weighted by atomic mass is 16.7. The minimum atomic E-state index is -0.579. The molecule has 0 radical (unpaired) electrons. The largest absolute Gasteiger partial charge is 0.346 e. The van der Waals surface area contributed by atoms with Crippen molar-refractivity contribution in [2.24, 2.45) is 11.7 Å². The molecule has 1 saturated heterocycles. The molecule has 0 spiro atoms. The second-order valence-electron chi connectivity index (χ2n) is 4.52. The van der Waals surface area contributed by atoms with Gasteiger partial charge in [-0.3, -0.25) is 14.4 Å². The molecule has 1 aliphatic rings. The average molecular weight is 243 g/mol. The van der Waals surface area contributed by atoms with Crippen LogP contribution in [0.2, 0.25) is 0 Å². The quantitative estimate of drug-likeness (QED) is 0.706. The molecule has 0 aromatic heterocycles. The molecule has 1 aliphatic heterocycles. The lowest BCUT2D eigenvalue weighted by Crippen LogP contribution is -2.48. The standard InChI is InChI=1S/C11H21N3O3/c1-8(2)10(12)11(16)13-7-9(15)14-5-3-4-6-17-14/h8,10H,3-7,12H2,1-2H3,(H,13,16)/t10-/m0/s1. The van der Waals surface area contributed by atoms with Crippen LogP contribution in [0.4, 0.5) is 0 Å². The van der Waals surface area contributed by atoms with Gasteiger partial charge < -0.3 is 11.1 Å². The van der Waals surface area contributed by atoms with Crippen molar-refractivity contribution in [2.75, 3.05) is 19.7 Å². The zero-order valence-corrected chi connectivity index (χ0v) is 10.4. The lowest BCUT2D eigenvalue weighted by molar-refractivity contribution is -0.196. The molecule has 3 N–H and O–H groups in total. The van der Waals surface area contributed by atoms with Gasteiger partial charge in [0.1, 0.15) is 0 Å². The molecule has 17 heavy (non-hydrogen) atoms. The van der Waals surface area contributed by atoms with Gasteiger partial charge in [0, 0.05) is 6.54 Å². The first-order valence-electron chi connectivity index (χ1n) is 5.99. The summed E-state index contributed by atoms with van der Waals surface area (Å²) >= 11 is 0. The Hall–Kier alpha value is -1.14. The summed E-state index contributed by atoms with van der Waals surface area (Å²) in [6.07, 6.45) is 1.90. The minimum absolute atomic E-state index is 0.0522. The van der Waals surface area contributed by atoms with Crippen LogP contribution in [-0.4, -0.2) is 42.6 Å². The van der Waals surface area contributed by atoms with E-state index in [0.717, 1.165) is 12.8 Å². The van der Waals surface area contributed by atoms with Crippen LogP contribution in [0.25, 0.3) is 0 Å². The van der Waals surface area contributed by atoms with E-state index in [1.807, 2.05) is 13.8 Å². The summed E-state index contributed by atoms with van der Waals surface area (Å²) in [4.78, 5) is 28.3. The molecule has 0 saturated carbocycles. The normalized spacial score (nSPS) is 18.0. The Morgan fingerprint density at radius 2 is 2.12 bits per heavy atom. The Morgan fingerprint density at radius 3 is 2.65 bits per heavy atom. The van der Waals surface area contributed by atoms with E-state index in [2.05, 4.69) is 5.32 Å². The highest BCUT2D eigenvalue weighted by Gasteiger charge is 2.21. The van der Waals surface area contributed by atoms with Gasteiger partial charge in [-0.1, -0.05) is 13.8 Å². The number of nitrogens with zero attached hydrogens (tertiary/aromatic N) is 1. The summed E-state index contributed by atoms with van der Waals surface area (Å²) in [6.45, 7) is 4.81. The molecular weight excluding hydrogens is 222 g/mol. The molecule has 6 heteroatoms. The maximum absolute atomic E-state index is 11.6. The van der Waals surface area contributed by atoms with Gasteiger partial charge in [0.2, 0.25) is 5.91 Å². The Labute approximate surface area is 101 Å². The number of carbonyl (C=O) groups excluding carboxylic acids is 2. The van der Waals surface area contributed by atoms with Crippen molar-refractivity contribution in [3.63, 3.8) is 0 Å². The third-order valence-corrected chi connectivity index (χ3v) is 2.72. The van der Waals surface area contributed by atoms with Crippen LogP contribution in [0.5, 0.6) is 0 Å². The highest BCUT2D eigenvalue weighted by Crippen LogP contribution is 2.05. The zero-order chi connectivity index (χ0) is 12.8. The van der Waals surface area contributed by atoms with Crippen LogP contribution >= 0.6 is 0 Å². The van der Waals surface area contributed by atoms with Crippen molar-refractivity contribution in [1.29, 1.82) is 0 Å². The summed E-state index contributed by atoms with van der Waals surface area (Å²) in [7, 11) is 0. The van der Waals surface area contributed by atoms with Crippen LogP contribution in [0.3, 0.4) is 0 Å². The van der Waals surface area contributed by atoms with Crippen molar-refractivity contribution in [3.8, 4) is 0 Å². The first kappa shape index (κ1) is 13.9. The number of hydroxylamine groups is 2. The fourth-order valence-corrected chi connectivity index (χ4v) is 1.46. The first-order chi connectivity index (χ1) is 8.02. The first-order valence-corrected chi connectivity index (χ1v) is 5.99. The second-order valence-corrected chi connectivity index (χ2v) is 4.52. The zero-order valence-electron chi connectivity index (χ0n) is 10.4. The van der Waals surface area contributed by atoms with Crippen LogP contribution in [0.15, 0.2) is 0 Å². The molecule has 0 unspecified atom stereocenters. The third-order valence-electron chi connectivity index (χ3n) is 2.72. The third kappa shape index (κ3) is 4.32. The minimum Gasteiger partial charge on any atom is -0.346 e. The lowest BCUT2D eigenvalue weighted by Gasteiger charge is -2.26. The maximum Gasteiger partial charge on any atom is 0.265 e. The fraction of sp³-hybridized carbons (Fsp3) is 0.818. The molecule has 1 heterocycles. The monoisotopic (exact) mass is 243 g/mol. The second kappa shape index (κ2) is 6.56. The van der Waals surface area contributed by atoms with E-state index in [0.29, 0.717) is 13.2 Å². The van der Waals surface area contributed by atoms with E-state index < -0.39 is 6.04 Å². The van der Waals surface area contributed by atoms with E-state index >= 15 is 0 Å². The van der Waals surface area contributed by atoms with Crippen LogP contribution < -0.4 is 11.1 Å². The summed E-state index contributed by atoms with van der Waals surface area (Å²) in [6, 6.07) is -0.579. The van der Waals surface area contributed by atoms with Gasteiger partial charge in [0.05, 0.1) is 19.2 Å². The molecule has 1 fully saturated rings. The summed E-state index contributed by atoms with van der Waals surface area (Å²) in [5.41, 5.74) is 5.66. The number of nitrogens with two attached hydrogens (primary N) is 1. The van der Waals surface area contributed by atoms with Crippen molar-refractivity contribution in [3.05, 3.63) is 0 Å². The SMILES string of the molecule is CC(C)[C@H](N)C(=O)NCC(=O)N1CCCCO1. The molecule has 0 aromatic carbocycles. The van der Waals surface area contributed by atoms with Gasteiger partial charge in [-0.2, -0.15) is 0 Å². The fourth-order valence-electron chi connectivity index (χ4n) is 1.46. The summed E-state index contributed by atoms with van der Waals surface area (Å²) in [5.74, 6) is -0.476. The molecular formula is C11H21N3O3. The molecule has 0 bridgehead atoms. The molecule has 0 aromatic rings. The van der Waals surface area contributed by atoms with Crippen LogP contribution in [0.1, 0.15) is 26.7 Å². The predicted molar refractivity (Wildman–Crippen MR) is 62.7 cm³/mol. The van der Waals surface area contributed by atoms with Gasteiger partial charge in [-0.15, -0.1) is 0 Å². The Kier molecular flexibility index (Phi) is 5.37. The number of nitrogens with one attached hydrogen (secondary N) is 1. The highest BCUT2D eigenvalue weighted by molar-refractivity contribution is 5.87. The van der Waals surface area contributed by atoms with Crippen molar-refractivity contribution in [2.45, 2.75) is 32.7 Å². The molecule has 2 amide bonds. The number of hydrogen-bond acceptors (Lipinski definition) is 4. The molecule has 1 atom stereocenters. The lowest BCUT2D eigenvalue weighted by atomic mass is 10.1. The molecule has 6 nitrogen and oxygen atoms in total. The number of carbonyl (C=O) groups is 2. The molecule has 0 aliphatic carbocycles. The Morgan fingerprint density at radius 1 is 1.41 bits per heavy atom. The summed E-state index contributed by atoms with van der Waals surface area (Å²) < 4.78 is 0. The number of rotatable bonds is 4. The number of hydrogen-bond donors (Lipinski definition) is 2. The predicted octanol–water partition coefficient (Wildman–Crippen LogP) is -0.360. The summed E-state index contributed by atoms with van der Waals surface area (Å²) in [5, 5.41) is 3.84. The van der Waals surface area contributed by atoms with Crippen molar-refractivity contribution in [1.82, 2.24) is 10.4 Å². The molecule has 98 valence electrons. The van der Waals surface area contributed by atoms with E-state index in [1.54, 1.807) is 0 Å². The van der Waals surface area contributed by atoms with E-state index in [-0.39, 0.29) is 24.3 Å². The van der Waals surface area contributed by atoms with Gasteiger partial charge in [0.15, 0.2) is 0 Å². The van der Waals surface area contributed by atoms with Crippen LogP contribution in [-0.2, 0) is 14.4 Å². The van der Waals surface area contributed by atoms with Crippen molar-refractivity contribution < 1.29 is 14.4 Å². The Bertz CT molecular complexity index is 275. The topological polar surface area (TPSA) is 84.7 Å². The van der Waals surface area contributed by atoms with E-state index in [9.17, 15) is 9.59 Å². The van der Waals surface area contributed by atoms with E-state index in [1.165, 1.54) is 5.06 Å². The van der Waals surface area contributed by atoms with Gasteiger partial charge in [0.25, 0.3) is 5.91 Å². The Balaban J connectivity index is 2.29. The molecule has 1 rings (SSSR count). The number of amides is 2. The van der Waals surface area contributed by atoms with Crippen molar-refractivity contribution >= 4 is 11.8 Å². The maximum atomic E-state index is 11.6. The van der Waals surface area contributed by atoms with Crippen LogP contribution in [0, 0.1) is 5.92 Å². The smallest absolute Gasteiger partial charge is 0.265 e. The average Bonchev–Trinajstić information content (AvgIpc) is 2.35. The van der Waals surface area contributed by atoms with E-state index in [4.69, 9.17) is 10.6 Å². The van der Waals surface area contributed by atoms with Gasteiger partial charge in [-0.05, 0) is 18.8 Å². The van der Waals surface area contributed by atoms with Gasteiger partial charge in [-0.25, -0.2) is 5.06 Å².